The fourth-order valence-electron chi connectivity index (χ4n) is 2.45. The first-order chi connectivity index (χ1) is 9.24. The van der Waals surface area contributed by atoms with Gasteiger partial charge >= 0.3 is 0 Å². The summed E-state index contributed by atoms with van der Waals surface area (Å²) >= 11 is 1.67. The van der Waals surface area contributed by atoms with Crippen LogP contribution in [0.25, 0.3) is 0 Å². The number of aryl methyl sites for hydroxylation is 1. The molecule has 1 amide bonds. The molecule has 0 unspecified atom stereocenters. The second kappa shape index (κ2) is 5.13. The molecular formula is C15H14FNOS. The number of benzene rings is 1. The third-order valence-electron chi connectivity index (χ3n) is 3.40. The third-order valence-corrected chi connectivity index (χ3v) is 4.34. The van der Waals surface area contributed by atoms with Crippen LogP contribution < -0.4 is 4.90 Å². The molecule has 3 rings (SSSR count). The van der Waals surface area contributed by atoms with Crippen LogP contribution >= 0.6 is 11.3 Å². The smallest absolute Gasteiger partial charge is 0.227 e. The maximum absolute atomic E-state index is 13.1. The average Bonchev–Trinajstić information content (AvgIpc) is 3.04. The van der Waals surface area contributed by atoms with Gasteiger partial charge in [-0.3, -0.25) is 4.79 Å². The Kier molecular flexibility index (Phi) is 3.34. The molecule has 2 aromatic rings. The first-order valence-corrected chi connectivity index (χ1v) is 7.23. The zero-order chi connectivity index (χ0) is 13.2. The molecule has 0 radical (unpaired) electrons. The van der Waals surface area contributed by atoms with Crippen LogP contribution in [0.5, 0.6) is 0 Å². The molecule has 0 saturated heterocycles. The van der Waals surface area contributed by atoms with Crippen LogP contribution in [0.1, 0.15) is 16.9 Å². The van der Waals surface area contributed by atoms with Crippen LogP contribution in [-0.2, 0) is 17.6 Å². The molecule has 0 saturated carbocycles. The topological polar surface area (TPSA) is 20.3 Å². The van der Waals surface area contributed by atoms with Gasteiger partial charge in [0.2, 0.25) is 5.91 Å². The largest absolute Gasteiger partial charge is 0.312 e. The van der Waals surface area contributed by atoms with E-state index in [1.54, 1.807) is 22.3 Å². The van der Waals surface area contributed by atoms with Gasteiger partial charge in [0.25, 0.3) is 0 Å². The van der Waals surface area contributed by atoms with Crippen molar-refractivity contribution in [2.45, 2.75) is 19.3 Å². The highest BCUT2D eigenvalue weighted by Crippen LogP contribution is 2.29. The van der Waals surface area contributed by atoms with Gasteiger partial charge in [-0.25, -0.2) is 4.39 Å². The van der Waals surface area contributed by atoms with Crippen molar-refractivity contribution in [3.05, 3.63) is 52.0 Å². The Hall–Kier alpha value is -1.68. The monoisotopic (exact) mass is 275 g/mol. The van der Waals surface area contributed by atoms with E-state index in [0.29, 0.717) is 13.0 Å². The second-order valence-electron chi connectivity index (χ2n) is 4.65. The molecule has 2 heterocycles. The maximum Gasteiger partial charge on any atom is 0.227 e. The summed E-state index contributed by atoms with van der Waals surface area (Å²) in [5.74, 6) is -0.106. The summed E-state index contributed by atoms with van der Waals surface area (Å²) in [7, 11) is 0. The van der Waals surface area contributed by atoms with E-state index in [-0.39, 0.29) is 11.7 Å². The van der Waals surface area contributed by atoms with E-state index in [1.165, 1.54) is 17.0 Å². The first kappa shape index (κ1) is 12.4. The fourth-order valence-corrected chi connectivity index (χ4v) is 3.16. The Balaban J connectivity index is 1.69. The second-order valence-corrected chi connectivity index (χ2v) is 5.68. The van der Waals surface area contributed by atoms with Crippen LogP contribution in [0, 0.1) is 5.82 Å². The minimum Gasteiger partial charge on any atom is -0.312 e. The molecule has 2 nitrogen and oxygen atoms in total. The Bertz CT molecular complexity index is 594. The van der Waals surface area contributed by atoms with Crippen molar-refractivity contribution >= 4 is 22.9 Å². The van der Waals surface area contributed by atoms with Crippen LogP contribution in [0.4, 0.5) is 10.1 Å². The zero-order valence-corrected chi connectivity index (χ0v) is 11.3. The number of hydrogen-bond acceptors (Lipinski definition) is 2. The van der Waals surface area contributed by atoms with E-state index < -0.39 is 0 Å². The van der Waals surface area contributed by atoms with Crippen LogP contribution in [0.2, 0.25) is 0 Å². The first-order valence-electron chi connectivity index (χ1n) is 6.35. The van der Waals surface area contributed by atoms with Gasteiger partial charge in [-0.1, -0.05) is 6.07 Å². The molecule has 0 fully saturated rings. The summed E-state index contributed by atoms with van der Waals surface area (Å²) in [6.45, 7) is 0.669. The van der Waals surface area contributed by atoms with Crippen LogP contribution in [0.3, 0.4) is 0 Å². The van der Waals surface area contributed by atoms with Crippen molar-refractivity contribution in [1.29, 1.82) is 0 Å². The molecule has 1 aromatic heterocycles. The number of amides is 1. The molecule has 0 N–H and O–H groups in total. The Morgan fingerprint density at radius 1 is 1.37 bits per heavy atom. The average molecular weight is 275 g/mol. The van der Waals surface area contributed by atoms with Crippen molar-refractivity contribution in [3.8, 4) is 0 Å². The minimum atomic E-state index is -0.230. The van der Waals surface area contributed by atoms with E-state index in [4.69, 9.17) is 0 Å². The highest BCUT2D eigenvalue weighted by Gasteiger charge is 2.24. The molecule has 0 spiro atoms. The normalized spacial score (nSPS) is 13.6. The molecular weight excluding hydrogens is 261 g/mol. The lowest BCUT2D eigenvalue weighted by Gasteiger charge is -2.17. The molecule has 1 aromatic carbocycles. The minimum absolute atomic E-state index is 0.124. The third kappa shape index (κ3) is 2.54. The summed E-state index contributed by atoms with van der Waals surface area (Å²) in [6, 6.07) is 8.70. The summed E-state index contributed by atoms with van der Waals surface area (Å²) < 4.78 is 13.1. The summed E-state index contributed by atoms with van der Waals surface area (Å²) in [4.78, 5) is 15.2. The molecule has 0 bridgehead atoms. The predicted molar refractivity (Wildman–Crippen MR) is 75.1 cm³/mol. The summed E-state index contributed by atoms with van der Waals surface area (Å²) in [5, 5.41) is 2.02. The number of nitrogens with zero attached hydrogens (tertiary/aromatic N) is 1. The number of anilines is 1. The number of carbonyl (C=O) groups excluding carboxylic acids is 1. The standard InChI is InChI=1S/C15H14FNOS/c16-12-3-5-14-11(10-12)7-8-17(14)15(18)6-4-13-2-1-9-19-13/h1-3,5,9-10H,4,6-8H2. The van der Waals surface area contributed by atoms with E-state index in [1.807, 2.05) is 17.5 Å². The van der Waals surface area contributed by atoms with Gasteiger partial charge in [0.15, 0.2) is 0 Å². The molecule has 19 heavy (non-hydrogen) atoms. The highest BCUT2D eigenvalue weighted by molar-refractivity contribution is 7.09. The number of carbonyl (C=O) groups is 1. The lowest BCUT2D eigenvalue weighted by atomic mass is 10.1. The Morgan fingerprint density at radius 3 is 3.05 bits per heavy atom. The SMILES string of the molecule is O=C(CCc1cccs1)N1CCc2cc(F)ccc21. The number of halogens is 1. The van der Waals surface area contributed by atoms with Crippen molar-refractivity contribution < 1.29 is 9.18 Å². The van der Waals surface area contributed by atoms with Gasteiger partial charge in [-0.2, -0.15) is 0 Å². The highest BCUT2D eigenvalue weighted by atomic mass is 32.1. The molecule has 4 heteroatoms. The van der Waals surface area contributed by atoms with E-state index in [0.717, 1.165) is 24.1 Å². The molecule has 0 atom stereocenters. The Morgan fingerprint density at radius 2 is 2.26 bits per heavy atom. The lowest BCUT2D eigenvalue weighted by molar-refractivity contribution is -0.118. The van der Waals surface area contributed by atoms with Crippen LogP contribution in [0.15, 0.2) is 35.7 Å². The van der Waals surface area contributed by atoms with Gasteiger partial charge in [0.1, 0.15) is 5.82 Å². The van der Waals surface area contributed by atoms with Gasteiger partial charge in [-0.15, -0.1) is 11.3 Å². The summed E-state index contributed by atoms with van der Waals surface area (Å²) in [6.07, 6.45) is 2.04. The van der Waals surface area contributed by atoms with Crippen molar-refractivity contribution in [3.63, 3.8) is 0 Å². The number of thiophene rings is 1. The molecule has 1 aliphatic heterocycles. The molecule has 98 valence electrons. The van der Waals surface area contributed by atoms with Gasteiger partial charge in [-0.05, 0) is 48.1 Å². The number of fused-ring (bicyclic) bond motifs is 1. The van der Waals surface area contributed by atoms with Crippen molar-refractivity contribution in [1.82, 2.24) is 0 Å². The summed E-state index contributed by atoms with van der Waals surface area (Å²) in [5.41, 5.74) is 1.81. The maximum atomic E-state index is 13.1. The zero-order valence-electron chi connectivity index (χ0n) is 10.4. The molecule has 0 aliphatic carbocycles. The number of rotatable bonds is 3. The molecule has 1 aliphatic rings. The van der Waals surface area contributed by atoms with E-state index in [2.05, 4.69) is 0 Å². The fraction of sp³-hybridized carbons (Fsp3) is 0.267. The Labute approximate surface area is 115 Å². The van der Waals surface area contributed by atoms with Gasteiger partial charge in [0.05, 0.1) is 0 Å². The van der Waals surface area contributed by atoms with E-state index in [9.17, 15) is 9.18 Å². The number of hydrogen-bond donors (Lipinski definition) is 0. The van der Waals surface area contributed by atoms with Crippen molar-refractivity contribution in [2.24, 2.45) is 0 Å². The van der Waals surface area contributed by atoms with Gasteiger partial charge in [0, 0.05) is 23.5 Å². The van der Waals surface area contributed by atoms with E-state index >= 15 is 0 Å². The lowest BCUT2D eigenvalue weighted by Crippen LogP contribution is -2.28. The van der Waals surface area contributed by atoms with Crippen LogP contribution in [-0.4, -0.2) is 12.5 Å². The van der Waals surface area contributed by atoms with Gasteiger partial charge < -0.3 is 4.90 Å². The quantitative estimate of drug-likeness (QED) is 0.840. The van der Waals surface area contributed by atoms with Crippen molar-refractivity contribution in [2.75, 3.05) is 11.4 Å². The predicted octanol–water partition coefficient (Wildman–Crippen LogP) is 3.41.